The zero-order valence-corrected chi connectivity index (χ0v) is 23.5. The summed E-state index contributed by atoms with van der Waals surface area (Å²) >= 11 is 0. The number of nitrogens with two attached hydrogens (primary N) is 1. The second-order valence-corrected chi connectivity index (χ2v) is 10.9. The number of aromatic nitrogens is 4. The van der Waals surface area contributed by atoms with Crippen molar-refractivity contribution < 1.29 is 13.5 Å². The van der Waals surface area contributed by atoms with Crippen LogP contribution in [0.3, 0.4) is 0 Å². The summed E-state index contributed by atoms with van der Waals surface area (Å²) in [6.07, 6.45) is 8.77. The van der Waals surface area contributed by atoms with Crippen molar-refractivity contribution in [1.29, 1.82) is 0 Å². The molecule has 0 radical (unpaired) electrons. The van der Waals surface area contributed by atoms with Crippen LogP contribution in [-0.2, 0) is 10.4 Å². The van der Waals surface area contributed by atoms with E-state index in [0.29, 0.717) is 22.8 Å². The fraction of sp³-hybridized carbons (Fsp3) is 0.483. The molecule has 4 heterocycles. The van der Waals surface area contributed by atoms with E-state index < -0.39 is 17.3 Å². The monoisotopic (exact) mass is 552 g/mol. The number of allylic oxidation sites excluding steroid dienone is 1. The number of benzene rings is 1. The summed E-state index contributed by atoms with van der Waals surface area (Å²) in [4.78, 5) is 15.4. The van der Waals surface area contributed by atoms with Crippen molar-refractivity contribution in [2.75, 3.05) is 39.9 Å². The second kappa shape index (κ2) is 11.6. The Bertz CT molecular complexity index is 1430. The number of nitrogens with zero attached hydrogens (tertiary/aromatic N) is 5. The zero-order valence-electron chi connectivity index (χ0n) is 23.5. The summed E-state index contributed by atoms with van der Waals surface area (Å²) in [5.74, 6) is 0.254. The average Bonchev–Trinajstić information content (AvgIpc) is 3.29. The first-order chi connectivity index (χ1) is 19.2. The molecular weight excluding hydrogens is 514 g/mol. The standard InChI is InChI=1S/C29H38F2N8O/c1-18(2)39-19(3)36-27-23(30)13-21(14-25(27)39)26-24(31)17-34-28(37-26)29(32)8-5-22(16-35-29)33-15-20-6-9-38(10-7-20)11-12-40-4/h5,8,13-14,16-18,20,33,35H,6-7,9-12,15,32H2,1-4H3. The highest BCUT2D eigenvalue weighted by Crippen LogP contribution is 2.31. The number of hydrogen-bond acceptors (Lipinski definition) is 8. The molecule has 0 saturated carbocycles. The molecule has 1 unspecified atom stereocenters. The highest BCUT2D eigenvalue weighted by atomic mass is 19.1. The molecule has 1 atom stereocenters. The maximum atomic E-state index is 15.1. The molecular formula is C29H38F2N8O. The fourth-order valence-corrected chi connectivity index (χ4v) is 5.49. The first-order valence-electron chi connectivity index (χ1n) is 13.8. The van der Waals surface area contributed by atoms with E-state index in [9.17, 15) is 4.39 Å². The summed E-state index contributed by atoms with van der Waals surface area (Å²) in [6, 6.07) is 3.02. The number of fused-ring (bicyclic) bond motifs is 1. The lowest BCUT2D eigenvalue weighted by atomic mass is 9.96. The van der Waals surface area contributed by atoms with Crippen molar-refractivity contribution >= 4 is 11.0 Å². The van der Waals surface area contributed by atoms with Gasteiger partial charge in [-0.3, -0.25) is 5.73 Å². The Balaban J connectivity index is 1.29. The molecule has 214 valence electrons. The summed E-state index contributed by atoms with van der Waals surface area (Å²) in [6.45, 7) is 10.6. The van der Waals surface area contributed by atoms with Crippen LogP contribution in [0.1, 0.15) is 44.4 Å². The molecule has 0 amide bonds. The molecule has 0 spiro atoms. The number of aryl methyl sites for hydroxylation is 1. The van der Waals surface area contributed by atoms with E-state index in [4.69, 9.17) is 10.5 Å². The SMILES string of the molecule is COCCN1CCC(CNC2=CNC(N)(c3ncc(F)c(-c4cc(F)c5nc(C)n(C(C)C)c5c4)n3)C=C2)CC1. The first-order valence-corrected chi connectivity index (χ1v) is 13.8. The van der Waals surface area contributed by atoms with Crippen molar-refractivity contribution in [2.24, 2.45) is 11.7 Å². The number of imidazole rings is 1. The molecule has 2 aromatic heterocycles. The highest BCUT2D eigenvalue weighted by Gasteiger charge is 2.30. The fourth-order valence-electron chi connectivity index (χ4n) is 5.49. The van der Waals surface area contributed by atoms with E-state index in [1.165, 1.54) is 6.07 Å². The Morgan fingerprint density at radius 3 is 2.65 bits per heavy atom. The third kappa shape index (κ3) is 5.72. The van der Waals surface area contributed by atoms with Crippen LogP contribution in [-0.4, -0.2) is 64.3 Å². The van der Waals surface area contributed by atoms with Gasteiger partial charge in [-0.2, -0.15) is 0 Å². The molecule has 1 saturated heterocycles. The number of nitrogens with one attached hydrogen (secondary N) is 2. The van der Waals surface area contributed by atoms with E-state index in [0.717, 1.165) is 57.5 Å². The van der Waals surface area contributed by atoms with Gasteiger partial charge in [-0.1, -0.05) is 0 Å². The molecule has 9 nitrogen and oxygen atoms in total. The highest BCUT2D eigenvalue weighted by molar-refractivity contribution is 5.83. The van der Waals surface area contributed by atoms with Crippen LogP contribution in [0.15, 0.2) is 42.4 Å². The van der Waals surface area contributed by atoms with E-state index in [-0.39, 0.29) is 23.1 Å². The normalized spacial score (nSPS) is 20.2. The van der Waals surface area contributed by atoms with Gasteiger partial charge in [0.15, 0.2) is 23.1 Å². The predicted octanol–water partition coefficient (Wildman–Crippen LogP) is 3.72. The molecule has 3 aromatic rings. The Morgan fingerprint density at radius 1 is 1.20 bits per heavy atom. The Morgan fingerprint density at radius 2 is 1.98 bits per heavy atom. The van der Waals surface area contributed by atoms with Gasteiger partial charge in [0.05, 0.1) is 18.3 Å². The molecule has 2 aliphatic heterocycles. The first kappa shape index (κ1) is 28.1. The predicted molar refractivity (Wildman–Crippen MR) is 151 cm³/mol. The third-order valence-corrected chi connectivity index (χ3v) is 7.73. The number of piperidine rings is 1. The largest absolute Gasteiger partial charge is 0.384 e. The van der Waals surface area contributed by atoms with E-state index >= 15 is 4.39 Å². The van der Waals surface area contributed by atoms with Crippen LogP contribution in [0.5, 0.6) is 0 Å². The van der Waals surface area contributed by atoms with Gasteiger partial charge in [-0.15, -0.1) is 0 Å². The van der Waals surface area contributed by atoms with Crippen molar-refractivity contribution in [2.45, 2.75) is 45.3 Å². The number of likely N-dealkylation sites (tertiary alicyclic amines) is 1. The van der Waals surface area contributed by atoms with E-state index in [1.807, 2.05) is 31.4 Å². The van der Waals surface area contributed by atoms with Crippen LogP contribution in [0.4, 0.5) is 8.78 Å². The second-order valence-electron chi connectivity index (χ2n) is 10.9. The Hall–Kier alpha value is -3.41. The minimum atomic E-state index is -1.25. The topological polar surface area (TPSA) is 106 Å². The number of dihydropyridines is 1. The number of hydrogen-bond donors (Lipinski definition) is 3. The number of ether oxygens (including phenoxy) is 1. The quantitative estimate of drug-likeness (QED) is 0.369. The lowest BCUT2D eigenvalue weighted by Gasteiger charge is -2.33. The van der Waals surface area contributed by atoms with Gasteiger partial charge in [0.1, 0.15) is 17.0 Å². The van der Waals surface area contributed by atoms with Crippen LogP contribution in [0.25, 0.3) is 22.3 Å². The van der Waals surface area contributed by atoms with Crippen molar-refractivity contribution in [3.8, 4) is 11.3 Å². The lowest BCUT2D eigenvalue weighted by Crippen LogP contribution is -2.49. The van der Waals surface area contributed by atoms with Crippen molar-refractivity contribution in [3.05, 3.63) is 65.7 Å². The molecule has 0 aliphatic carbocycles. The molecule has 1 fully saturated rings. The molecule has 5 rings (SSSR count). The van der Waals surface area contributed by atoms with Gasteiger partial charge in [-0.05, 0) is 76.9 Å². The molecule has 2 aliphatic rings. The summed E-state index contributed by atoms with van der Waals surface area (Å²) in [5, 5.41) is 6.64. The molecule has 11 heteroatoms. The number of halogens is 2. The lowest BCUT2D eigenvalue weighted by molar-refractivity contribution is 0.120. The van der Waals surface area contributed by atoms with Gasteiger partial charge in [0, 0.05) is 43.7 Å². The third-order valence-electron chi connectivity index (χ3n) is 7.73. The average molecular weight is 553 g/mol. The van der Waals surface area contributed by atoms with E-state index in [1.54, 1.807) is 25.5 Å². The van der Waals surface area contributed by atoms with Crippen LogP contribution >= 0.6 is 0 Å². The van der Waals surface area contributed by atoms with Gasteiger partial charge < -0.3 is 24.8 Å². The minimum Gasteiger partial charge on any atom is -0.384 e. The Kier molecular flexibility index (Phi) is 8.16. The molecule has 0 bridgehead atoms. The summed E-state index contributed by atoms with van der Waals surface area (Å²) in [5.41, 5.74) is 7.35. The maximum absolute atomic E-state index is 15.1. The zero-order chi connectivity index (χ0) is 28.4. The van der Waals surface area contributed by atoms with Crippen molar-refractivity contribution in [3.63, 3.8) is 0 Å². The van der Waals surface area contributed by atoms with Crippen LogP contribution in [0.2, 0.25) is 0 Å². The maximum Gasteiger partial charge on any atom is 0.173 e. The Labute approximate surface area is 233 Å². The van der Waals surface area contributed by atoms with Gasteiger partial charge in [0.2, 0.25) is 0 Å². The minimum absolute atomic E-state index is 0.0234. The van der Waals surface area contributed by atoms with Crippen LogP contribution < -0.4 is 16.4 Å². The van der Waals surface area contributed by atoms with Gasteiger partial charge in [0.25, 0.3) is 0 Å². The number of rotatable bonds is 9. The summed E-state index contributed by atoms with van der Waals surface area (Å²) in [7, 11) is 1.74. The molecule has 4 N–H and O–H groups in total. The van der Waals surface area contributed by atoms with Gasteiger partial charge in [-0.25, -0.2) is 23.7 Å². The van der Waals surface area contributed by atoms with E-state index in [2.05, 4.69) is 30.5 Å². The number of methoxy groups -OCH3 is 1. The molecule has 1 aromatic carbocycles. The van der Waals surface area contributed by atoms with Crippen LogP contribution in [0, 0.1) is 24.5 Å². The smallest absolute Gasteiger partial charge is 0.173 e. The molecule has 40 heavy (non-hydrogen) atoms. The summed E-state index contributed by atoms with van der Waals surface area (Å²) < 4.78 is 37.1. The van der Waals surface area contributed by atoms with Crippen molar-refractivity contribution in [1.82, 2.24) is 35.1 Å². The van der Waals surface area contributed by atoms with Gasteiger partial charge >= 0.3 is 0 Å².